The fourth-order valence-corrected chi connectivity index (χ4v) is 3.87. The van der Waals surface area contributed by atoms with Crippen molar-refractivity contribution in [2.24, 2.45) is 0 Å². The number of aliphatic hydroxyl groups is 2. The van der Waals surface area contributed by atoms with Gasteiger partial charge in [-0.2, -0.15) is 0 Å². The highest BCUT2D eigenvalue weighted by Crippen LogP contribution is 2.32. The number of nitrogen functional groups attached to an aromatic ring is 1. The summed E-state index contributed by atoms with van der Waals surface area (Å²) in [4.78, 5) is 24.8. The van der Waals surface area contributed by atoms with E-state index in [1.54, 1.807) is 0 Å². The van der Waals surface area contributed by atoms with E-state index in [0.29, 0.717) is 11.2 Å². The van der Waals surface area contributed by atoms with Gasteiger partial charge in [0.15, 0.2) is 23.8 Å². The Morgan fingerprint density at radius 2 is 1.89 bits per heavy atom. The molecule has 4 rings (SSSR count). The Balaban J connectivity index is 1.51. The van der Waals surface area contributed by atoms with Gasteiger partial charge in [0.2, 0.25) is 0 Å². The number of ether oxygens (including phenoxy) is 1. The Hall–Kier alpha value is -2.30. The smallest absolute Gasteiger partial charge is 0.252 e. The summed E-state index contributed by atoms with van der Waals surface area (Å²) in [6.45, 7) is 0. The Labute approximate surface area is 155 Å². The van der Waals surface area contributed by atoms with Crippen molar-refractivity contribution in [3.63, 3.8) is 0 Å². The Kier molecular flexibility index (Phi) is 4.94. The van der Waals surface area contributed by atoms with Crippen LogP contribution < -0.4 is 11.1 Å². The van der Waals surface area contributed by atoms with Crippen LogP contribution in [0.15, 0.2) is 12.7 Å². The van der Waals surface area contributed by atoms with E-state index < -0.39 is 30.4 Å². The molecule has 10 nitrogen and oxygen atoms in total. The predicted molar refractivity (Wildman–Crippen MR) is 95.3 cm³/mol. The zero-order chi connectivity index (χ0) is 19.0. The van der Waals surface area contributed by atoms with E-state index in [9.17, 15) is 15.0 Å². The van der Waals surface area contributed by atoms with Crippen LogP contribution >= 0.6 is 0 Å². The van der Waals surface area contributed by atoms with Crippen molar-refractivity contribution in [2.75, 3.05) is 5.73 Å². The molecule has 0 aromatic carbocycles. The summed E-state index contributed by atoms with van der Waals surface area (Å²) in [5.41, 5.74) is 6.51. The molecular formula is C17H24N6O4. The highest BCUT2D eigenvalue weighted by atomic mass is 16.6. The second-order valence-electron chi connectivity index (χ2n) is 7.21. The first-order valence-electron chi connectivity index (χ1n) is 9.31. The lowest BCUT2D eigenvalue weighted by Gasteiger charge is -2.20. The SMILES string of the molecule is Nc1ncnc2c1ncn2C1O[C@H](C(=O)NC2CCCCCC2)[C@@H](O)[C@H]1O. The topological polar surface area (TPSA) is 148 Å². The van der Waals surface area contributed by atoms with Gasteiger partial charge >= 0.3 is 0 Å². The highest BCUT2D eigenvalue weighted by Gasteiger charge is 2.48. The zero-order valence-electron chi connectivity index (χ0n) is 14.9. The van der Waals surface area contributed by atoms with E-state index in [1.807, 2.05) is 0 Å². The number of aromatic nitrogens is 4. The van der Waals surface area contributed by atoms with E-state index in [4.69, 9.17) is 10.5 Å². The second-order valence-corrected chi connectivity index (χ2v) is 7.21. The number of fused-ring (bicyclic) bond motifs is 1. The molecule has 3 heterocycles. The molecule has 2 aromatic heterocycles. The lowest BCUT2D eigenvalue weighted by atomic mass is 10.1. The number of anilines is 1. The number of nitrogens with zero attached hydrogens (tertiary/aromatic N) is 4. The van der Waals surface area contributed by atoms with Crippen molar-refractivity contribution in [3.8, 4) is 0 Å². The van der Waals surface area contributed by atoms with Gasteiger partial charge in [-0.05, 0) is 12.8 Å². The minimum absolute atomic E-state index is 0.0774. The summed E-state index contributed by atoms with van der Waals surface area (Å²) < 4.78 is 7.18. The van der Waals surface area contributed by atoms with Crippen LogP contribution in [0.2, 0.25) is 0 Å². The van der Waals surface area contributed by atoms with Crippen LogP contribution in [0.4, 0.5) is 5.82 Å². The van der Waals surface area contributed by atoms with Crippen molar-refractivity contribution in [3.05, 3.63) is 12.7 Å². The lowest BCUT2D eigenvalue weighted by Crippen LogP contribution is -2.46. The number of rotatable bonds is 3. The van der Waals surface area contributed by atoms with Crippen LogP contribution in [0.3, 0.4) is 0 Å². The summed E-state index contributed by atoms with van der Waals surface area (Å²) in [6.07, 6.45) is 4.22. The van der Waals surface area contributed by atoms with E-state index in [-0.39, 0.29) is 11.9 Å². The fraction of sp³-hybridized carbons (Fsp3) is 0.647. The predicted octanol–water partition coefficient (Wildman–Crippen LogP) is -0.133. The molecule has 0 bridgehead atoms. The van der Waals surface area contributed by atoms with Crippen molar-refractivity contribution >= 4 is 22.9 Å². The van der Waals surface area contributed by atoms with E-state index in [2.05, 4.69) is 20.3 Å². The van der Waals surface area contributed by atoms with Crippen LogP contribution in [0.1, 0.15) is 44.8 Å². The first-order valence-corrected chi connectivity index (χ1v) is 9.31. The Bertz CT molecular complexity index is 819. The second kappa shape index (κ2) is 7.37. The maximum atomic E-state index is 12.6. The molecule has 146 valence electrons. The van der Waals surface area contributed by atoms with Gasteiger partial charge in [0.25, 0.3) is 5.91 Å². The number of carbonyl (C=O) groups is 1. The summed E-state index contributed by atoms with van der Waals surface area (Å²) in [5.74, 6) is -0.205. The molecule has 2 fully saturated rings. The summed E-state index contributed by atoms with van der Waals surface area (Å²) in [5, 5.41) is 23.8. The van der Waals surface area contributed by atoms with Crippen LogP contribution in [0.5, 0.6) is 0 Å². The molecular weight excluding hydrogens is 352 g/mol. The molecule has 1 saturated heterocycles. The van der Waals surface area contributed by atoms with E-state index >= 15 is 0 Å². The fourth-order valence-electron chi connectivity index (χ4n) is 3.87. The van der Waals surface area contributed by atoms with E-state index in [0.717, 1.165) is 25.7 Å². The van der Waals surface area contributed by atoms with Gasteiger partial charge in [-0.3, -0.25) is 9.36 Å². The average molecular weight is 376 g/mol. The number of hydrogen-bond donors (Lipinski definition) is 4. The molecule has 0 spiro atoms. The number of amides is 1. The minimum atomic E-state index is -1.35. The number of nitrogens with two attached hydrogens (primary N) is 1. The largest absolute Gasteiger partial charge is 0.387 e. The molecule has 1 saturated carbocycles. The number of carbonyl (C=O) groups excluding carboxylic acids is 1. The van der Waals surface area contributed by atoms with Gasteiger partial charge in [-0.1, -0.05) is 25.7 Å². The van der Waals surface area contributed by atoms with Crippen molar-refractivity contribution in [1.29, 1.82) is 0 Å². The van der Waals surface area contributed by atoms with Gasteiger partial charge in [0.1, 0.15) is 24.1 Å². The third-order valence-electron chi connectivity index (χ3n) is 5.36. The van der Waals surface area contributed by atoms with Crippen LogP contribution in [0, 0.1) is 0 Å². The maximum Gasteiger partial charge on any atom is 0.252 e. The molecule has 2 aliphatic rings. The standard InChI is InChI=1S/C17H24N6O4/c18-14-10-15(20-7-19-14)23(8-21-10)17-12(25)11(24)13(27-17)16(26)22-9-5-3-1-2-4-6-9/h7-9,11-13,17,24-25H,1-6H2,(H,22,26)(H2,18,19,20)/t11-,12+,13-,17?/m0/s1. The van der Waals surface area contributed by atoms with Crippen molar-refractivity contribution < 1.29 is 19.7 Å². The molecule has 5 N–H and O–H groups in total. The van der Waals surface area contributed by atoms with Crippen molar-refractivity contribution in [1.82, 2.24) is 24.8 Å². The molecule has 0 radical (unpaired) electrons. The van der Waals surface area contributed by atoms with Gasteiger partial charge in [-0.25, -0.2) is 15.0 Å². The number of nitrogens with one attached hydrogen (secondary N) is 1. The number of imidazole rings is 1. The molecule has 1 aliphatic heterocycles. The minimum Gasteiger partial charge on any atom is -0.387 e. The summed E-state index contributed by atoms with van der Waals surface area (Å²) in [7, 11) is 0. The first kappa shape index (κ1) is 18.1. The first-order chi connectivity index (χ1) is 13.1. The van der Waals surface area contributed by atoms with Gasteiger partial charge in [0.05, 0.1) is 6.33 Å². The summed E-state index contributed by atoms with van der Waals surface area (Å²) in [6, 6.07) is 0.0774. The highest BCUT2D eigenvalue weighted by molar-refractivity contribution is 5.83. The molecule has 4 atom stereocenters. The van der Waals surface area contributed by atoms with Crippen LogP contribution in [-0.2, 0) is 9.53 Å². The Morgan fingerprint density at radius 1 is 1.15 bits per heavy atom. The van der Waals surface area contributed by atoms with Gasteiger partial charge < -0.3 is 26.0 Å². The average Bonchev–Trinajstić information content (AvgIpc) is 3.09. The zero-order valence-corrected chi connectivity index (χ0v) is 14.9. The molecule has 10 heteroatoms. The number of hydrogen-bond acceptors (Lipinski definition) is 8. The molecule has 27 heavy (non-hydrogen) atoms. The van der Waals surface area contributed by atoms with Crippen LogP contribution in [0.25, 0.3) is 11.2 Å². The maximum absolute atomic E-state index is 12.6. The van der Waals surface area contributed by atoms with E-state index in [1.165, 1.54) is 30.1 Å². The van der Waals surface area contributed by atoms with Crippen LogP contribution in [-0.4, -0.2) is 60.0 Å². The molecule has 1 aliphatic carbocycles. The third kappa shape index (κ3) is 3.35. The third-order valence-corrected chi connectivity index (χ3v) is 5.36. The van der Waals surface area contributed by atoms with Crippen molar-refractivity contribution in [2.45, 2.75) is 69.1 Å². The monoisotopic (exact) mass is 376 g/mol. The van der Waals surface area contributed by atoms with Gasteiger partial charge in [0, 0.05) is 6.04 Å². The molecule has 1 unspecified atom stereocenters. The lowest BCUT2D eigenvalue weighted by molar-refractivity contribution is -0.138. The molecule has 1 amide bonds. The number of aliphatic hydroxyl groups excluding tert-OH is 2. The Morgan fingerprint density at radius 3 is 2.63 bits per heavy atom. The quantitative estimate of drug-likeness (QED) is 0.541. The van der Waals surface area contributed by atoms with Gasteiger partial charge in [-0.15, -0.1) is 0 Å². The normalized spacial score (nSPS) is 29.7. The molecule has 2 aromatic rings. The summed E-state index contributed by atoms with van der Waals surface area (Å²) >= 11 is 0.